The quantitative estimate of drug-likeness (QED) is 0.609. The highest BCUT2D eigenvalue weighted by Crippen LogP contribution is 2.31. The van der Waals surface area contributed by atoms with Crippen LogP contribution in [0.2, 0.25) is 0 Å². The van der Waals surface area contributed by atoms with Gasteiger partial charge in [0.15, 0.2) is 5.09 Å². The SMILES string of the molecule is CCSSC1=CC=CCO1. The summed E-state index contributed by atoms with van der Waals surface area (Å²) in [6.07, 6.45) is 6.03. The highest BCUT2D eigenvalue weighted by atomic mass is 33.1. The van der Waals surface area contributed by atoms with Crippen LogP contribution in [-0.4, -0.2) is 12.4 Å². The highest BCUT2D eigenvalue weighted by molar-refractivity contribution is 8.78. The van der Waals surface area contributed by atoms with Crippen molar-refractivity contribution in [2.24, 2.45) is 0 Å². The summed E-state index contributed by atoms with van der Waals surface area (Å²) in [5.41, 5.74) is 0. The molecule has 0 N–H and O–H groups in total. The molecule has 0 saturated heterocycles. The summed E-state index contributed by atoms with van der Waals surface area (Å²) in [6, 6.07) is 0. The fourth-order valence-electron chi connectivity index (χ4n) is 0.549. The van der Waals surface area contributed by atoms with Gasteiger partial charge in [0, 0.05) is 5.75 Å². The molecule has 0 saturated carbocycles. The van der Waals surface area contributed by atoms with Gasteiger partial charge in [-0.15, -0.1) is 0 Å². The van der Waals surface area contributed by atoms with E-state index in [0.717, 1.165) is 17.5 Å². The second kappa shape index (κ2) is 4.74. The van der Waals surface area contributed by atoms with Crippen LogP contribution in [0, 0.1) is 0 Å². The van der Waals surface area contributed by atoms with Gasteiger partial charge in [-0.3, -0.25) is 0 Å². The van der Waals surface area contributed by atoms with Crippen LogP contribution in [0.5, 0.6) is 0 Å². The standard InChI is InChI=1S/C7H10OS2/c1-2-9-10-7-5-3-4-6-8-7/h3-5H,2,6H2,1H3. The number of hydrogen-bond donors (Lipinski definition) is 0. The summed E-state index contributed by atoms with van der Waals surface area (Å²) in [5, 5.41) is 1.02. The first-order valence-corrected chi connectivity index (χ1v) is 5.54. The van der Waals surface area contributed by atoms with E-state index in [2.05, 4.69) is 6.92 Å². The Bertz CT molecular complexity index is 152. The predicted molar refractivity (Wildman–Crippen MR) is 48.9 cm³/mol. The largest absolute Gasteiger partial charge is 0.482 e. The van der Waals surface area contributed by atoms with Gasteiger partial charge in [0.25, 0.3) is 0 Å². The van der Waals surface area contributed by atoms with Crippen LogP contribution in [-0.2, 0) is 4.74 Å². The van der Waals surface area contributed by atoms with Gasteiger partial charge in [-0.05, 0) is 22.9 Å². The van der Waals surface area contributed by atoms with E-state index in [1.165, 1.54) is 0 Å². The minimum absolute atomic E-state index is 0.725. The molecule has 0 aromatic rings. The lowest BCUT2D eigenvalue weighted by atomic mass is 10.4. The maximum absolute atomic E-state index is 5.30. The zero-order valence-electron chi connectivity index (χ0n) is 5.87. The highest BCUT2D eigenvalue weighted by Gasteiger charge is 1.99. The Morgan fingerprint density at radius 3 is 3.20 bits per heavy atom. The van der Waals surface area contributed by atoms with E-state index < -0.39 is 0 Å². The van der Waals surface area contributed by atoms with Crippen LogP contribution in [0.3, 0.4) is 0 Å². The van der Waals surface area contributed by atoms with E-state index in [1.807, 2.05) is 18.2 Å². The topological polar surface area (TPSA) is 9.23 Å². The molecule has 0 aliphatic carbocycles. The Morgan fingerprint density at radius 2 is 2.60 bits per heavy atom. The molecule has 1 nitrogen and oxygen atoms in total. The Kier molecular flexibility index (Phi) is 3.83. The zero-order chi connectivity index (χ0) is 7.23. The van der Waals surface area contributed by atoms with Crippen molar-refractivity contribution in [3.05, 3.63) is 23.3 Å². The lowest BCUT2D eigenvalue weighted by Crippen LogP contribution is -1.91. The van der Waals surface area contributed by atoms with Crippen LogP contribution in [0.15, 0.2) is 23.3 Å². The van der Waals surface area contributed by atoms with Gasteiger partial charge < -0.3 is 4.74 Å². The van der Waals surface area contributed by atoms with Crippen LogP contribution < -0.4 is 0 Å². The molecule has 0 spiro atoms. The molecule has 0 amide bonds. The van der Waals surface area contributed by atoms with Crippen molar-refractivity contribution in [1.82, 2.24) is 0 Å². The van der Waals surface area contributed by atoms with Gasteiger partial charge >= 0.3 is 0 Å². The third-order valence-corrected chi connectivity index (χ3v) is 3.27. The average molecular weight is 174 g/mol. The van der Waals surface area contributed by atoms with Gasteiger partial charge in [0.2, 0.25) is 0 Å². The average Bonchev–Trinajstić information content (AvgIpc) is 2.03. The second-order valence-electron chi connectivity index (χ2n) is 1.71. The molecule has 0 radical (unpaired) electrons. The molecule has 1 aliphatic heterocycles. The summed E-state index contributed by atoms with van der Waals surface area (Å²) in [7, 11) is 3.51. The maximum atomic E-state index is 5.30. The van der Waals surface area contributed by atoms with Gasteiger partial charge in [-0.1, -0.05) is 23.8 Å². The smallest absolute Gasteiger partial charge is 0.164 e. The van der Waals surface area contributed by atoms with E-state index in [4.69, 9.17) is 4.74 Å². The predicted octanol–water partition coefficient (Wildman–Crippen LogP) is 2.82. The van der Waals surface area contributed by atoms with Gasteiger partial charge in [-0.25, -0.2) is 0 Å². The lowest BCUT2D eigenvalue weighted by Gasteiger charge is -2.08. The van der Waals surface area contributed by atoms with Crippen molar-refractivity contribution in [1.29, 1.82) is 0 Å². The van der Waals surface area contributed by atoms with Crippen LogP contribution in [0.25, 0.3) is 0 Å². The van der Waals surface area contributed by atoms with E-state index >= 15 is 0 Å². The van der Waals surface area contributed by atoms with Gasteiger partial charge in [0.05, 0.1) is 0 Å². The summed E-state index contributed by atoms with van der Waals surface area (Å²) in [4.78, 5) is 0. The minimum atomic E-state index is 0.725. The van der Waals surface area contributed by atoms with Crippen LogP contribution >= 0.6 is 21.6 Å². The molecule has 10 heavy (non-hydrogen) atoms. The summed E-state index contributed by atoms with van der Waals surface area (Å²) in [5.74, 6) is 1.12. The molecule has 1 aliphatic rings. The third-order valence-electron chi connectivity index (χ3n) is 0.949. The molecule has 3 heteroatoms. The fourth-order valence-corrected chi connectivity index (χ4v) is 2.05. The molecule has 0 atom stereocenters. The van der Waals surface area contributed by atoms with Crippen LogP contribution in [0.4, 0.5) is 0 Å². The number of rotatable bonds is 3. The summed E-state index contributed by atoms with van der Waals surface area (Å²) >= 11 is 0. The Morgan fingerprint density at radius 1 is 1.70 bits per heavy atom. The molecule has 0 aromatic carbocycles. The first-order valence-electron chi connectivity index (χ1n) is 3.22. The Labute approximate surface area is 69.3 Å². The normalized spacial score (nSPS) is 16.3. The number of allylic oxidation sites excluding steroid dienone is 2. The second-order valence-corrected chi connectivity index (χ2v) is 4.30. The molecule has 0 aromatic heterocycles. The lowest BCUT2D eigenvalue weighted by molar-refractivity contribution is 0.274. The number of ether oxygens (including phenoxy) is 1. The summed E-state index contributed by atoms with van der Waals surface area (Å²) < 4.78 is 5.30. The first kappa shape index (κ1) is 8.08. The maximum Gasteiger partial charge on any atom is 0.164 e. The van der Waals surface area contributed by atoms with E-state index in [1.54, 1.807) is 21.6 Å². The molecular weight excluding hydrogens is 164 g/mol. The molecule has 1 rings (SSSR count). The van der Waals surface area contributed by atoms with Gasteiger partial charge in [-0.2, -0.15) is 0 Å². The first-order chi connectivity index (χ1) is 4.93. The molecule has 0 bridgehead atoms. The Balaban J connectivity index is 2.25. The van der Waals surface area contributed by atoms with Crippen molar-refractivity contribution in [2.45, 2.75) is 6.92 Å². The van der Waals surface area contributed by atoms with E-state index in [9.17, 15) is 0 Å². The zero-order valence-corrected chi connectivity index (χ0v) is 7.50. The monoisotopic (exact) mass is 174 g/mol. The number of hydrogen-bond acceptors (Lipinski definition) is 3. The third kappa shape index (κ3) is 2.71. The van der Waals surface area contributed by atoms with Crippen molar-refractivity contribution < 1.29 is 4.74 Å². The van der Waals surface area contributed by atoms with E-state index in [-0.39, 0.29) is 0 Å². The van der Waals surface area contributed by atoms with Crippen LogP contribution in [0.1, 0.15) is 6.92 Å². The van der Waals surface area contributed by atoms with Gasteiger partial charge in [0.1, 0.15) is 6.61 Å². The molecule has 56 valence electrons. The van der Waals surface area contributed by atoms with Crippen molar-refractivity contribution in [3.8, 4) is 0 Å². The summed E-state index contributed by atoms with van der Waals surface area (Å²) in [6.45, 7) is 2.86. The minimum Gasteiger partial charge on any atom is -0.482 e. The molecular formula is C7H10OS2. The molecule has 0 fully saturated rings. The molecule has 1 heterocycles. The van der Waals surface area contributed by atoms with E-state index in [0.29, 0.717) is 0 Å². The van der Waals surface area contributed by atoms with Crippen molar-refractivity contribution in [2.75, 3.05) is 12.4 Å². The van der Waals surface area contributed by atoms with Crippen molar-refractivity contribution in [3.63, 3.8) is 0 Å². The Hall–Kier alpha value is -0.0200. The molecule has 0 unspecified atom stereocenters. The fraction of sp³-hybridized carbons (Fsp3) is 0.429. The van der Waals surface area contributed by atoms with Crippen molar-refractivity contribution >= 4 is 21.6 Å².